The quantitative estimate of drug-likeness (QED) is 0.722. The summed E-state index contributed by atoms with van der Waals surface area (Å²) in [6, 6.07) is 4.55. The van der Waals surface area contributed by atoms with Crippen LogP contribution in [0.3, 0.4) is 0 Å². The monoisotopic (exact) mass is 408 g/mol. The third kappa shape index (κ3) is 6.34. The highest BCUT2D eigenvalue weighted by molar-refractivity contribution is 5.71. The number of carbonyl (C=O) groups is 2. The lowest BCUT2D eigenvalue weighted by molar-refractivity contribution is -0.00983. The van der Waals surface area contributed by atoms with E-state index in [0.717, 1.165) is 18.4 Å². The summed E-state index contributed by atoms with van der Waals surface area (Å²) in [4.78, 5) is 28.2. The Morgan fingerprint density at radius 1 is 1.14 bits per heavy atom. The second kappa shape index (κ2) is 9.46. The third-order valence-electron chi connectivity index (χ3n) is 4.79. The minimum absolute atomic E-state index is 0.122. The van der Waals surface area contributed by atoms with Gasteiger partial charge in [-0.25, -0.2) is 14.0 Å². The van der Waals surface area contributed by atoms with Gasteiger partial charge in [-0.3, -0.25) is 4.90 Å². The van der Waals surface area contributed by atoms with Gasteiger partial charge in [-0.1, -0.05) is 25.5 Å². The predicted molar refractivity (Wildman–Crippen MR) is 109 cm³/mol. The SMILES string of the molecule is CCCc1ccc(COC(=O)N2[C@H](C)CN(C(=O)OC(C)(C)C)C[C@@H]2C)c(F)c1. The molecule has 0 saturated carbocycles. The topological polar surface area (TPSA) is 59.1 Å². The second-order valence-corrected chi connectivity index (χ2v) is 8.72. The van der Waals surface area contributed by atoms with Gasteiger partial charge < -0.3 is 14.4 Å². The molecule has 162 valence electrons. The number of amides is 2. The number of halogens is 1. The molecule has 2 amide bonds. The summed E-state index contributed by atoms with van der Waals surface area (Å²) in [5.41, 5.74) is 0.711. The van der Waals surface area contributed by atoms with Gasteiger partial charge in [0.15, 0.2) is 0 Å². The number of hydrogen-bond donors (Lipinski definition) is 0. The Bertz CT molecular complexity index is 720. The first-order chi connectivity index (χ1) is 13.5. The predicted octanol–water partition coefficient (Wildman–Crippen LogP) is 4.74. The Kier molecular flexibility index (Phi) is 7.49. The molecule has 2 atom stereocenters. The van der Waals surface area contributed by atoms with Crippen LogP contribution in [-0.4, -0.2) is 52.8 Å². The Labute approximate surface area is 172 Å². The lowest BCUT2D eigenvalue weighted by Crippen LogP contribution is -2.60. The van der Waals surface area contributed by atoms with E-state index in [9.17, 15) is 14.0 Å². The van der Waals surface area contributed by atoms with E-state index in [2.05, 4.69) is 0 Å². The number of benzene rings is 1. The number of piperazine rings is 1. The zero-order valence-electron chi connectivity index (χ0n) is 18.3. The molecule has 1 aliphatic heterocycles. The molecule has 0 N–H and O–H groups in total. The normalized spacial score (nSPS) is 19.8. The smallest absolute Gasteiger partial charge is 0.410 e. The molecular weight excluding hydrogens is 375 g/mol. The molecule has 7 heteroatoms. The van der Waals surface area contributed by atoms with Crippen LogP contribution in [-0.2, 0) is 22.5 Å². The number of aryl methyl sites for hydroxylation is 1. The van der Waals surface area contributed by atoms with Crippen molar-refractivity contribution in [2.75, 3.05) is 13.1 Å². The lowest BCUT2D eigenvalue weighted by Gasteiger charge is -2.43. The maximum Gasteiger partial charge on any atom is 0.410 e. The van der Waals surface area contributed by atoms with Gasteiger partial charge in [0.1, 0.15) is 18.0 Å². The van der Waals surface area contributed by atoms with Gasteiger partial charge in [0.05, 0.1) is 12.1 Å². The van der Waals surface area contributed by atoms with Crippen LogP contribution in [0.15, 0.2) is 18.2 Å². The number of nitrogens with zero attached hydrogens (tertiary/aromatic N) is 2. The van der Waals surface area contributed by atoms with Crippen molar-refractivity contribution in [1.82, 2.24) is 9.80 Å². The average Bonchev–Trinajstić information content (AvgIpc) is 2.59. The van der Waals surface area contributed by atoms with E-state index in [4.69, 9.17) is 9.47 Å². The van der Waals surface area contributed by atoms with Crippen LogP contribution in [0.2, 0.25) is 0 Å². The standard InChI is InChI=1S/C22H33FN2O4/c1-7-8-17-9-10-18(19(23)11-17)14-28-21(27)25-15(2)12-24(13-16(25)3)20(26)29-22(4,5)6/h9-11,15-16H,7-8,12-14H2,1-6H3/t15-,16+. The first-order valence-corrected chi connectivity index (χ1v) is 10.2. The van der Waals surface area contributed by atoms with Crippen LogP contribution in [0.25, 0.3) is 0 Å². The Morgan fingerprint density at radius 3 is 2.28 bits per heavy atom. The molecule has 1 aromatic carbocycles. The average molecular weight is 409 g/mol. The van der Waals surface area contributed by atoms with E-state index in [1.807, 2.05) is 47.6 Å². The molecule has 2 rings (SSSR count). The fraction of sp³-hybridized carbons (Fsp3) is 0.636. The fourth-order valence-electron chi connectivity index (χ4n) is 3.52. The number of rotatable bonds is 4. The summed E-state index contributed by atoms with van der Waals surface area (Å²) in [6.07, 6.45) is 0.858. The Hall–Kier alpha value is -2.31. The molecule has 0 radical (unpaired) electrons. The molecule has 0 aliphatic carbocycles. The van der Waals surface area contributed by atoms with Crippen molar-refractivity contribution in [2.45, 2.75) is 78.7 Å². The summed E-state index contributed by atoms with van der Waals surface area (Å²) in [5.74, 6) is -0.361. The van der Waals surface area contributed by atoms with Crippen LogP contribution in [0, 0.1) is 5.82 Å². The molecular formula is C22H33FN2O4. The van der Waals surface area contributed by atoms with Gasteiger partial charge in [0, 0.05) is 18.7 Å². The second-order valence-electron chi connectivity index (χ2n) is 8.72. The van der Waals surface area contributed by atoms with Gasteiger partial charge in [0.2, 0.25) is 0 Å². The summed E-state index contributed by atoms with van der Waals surface area (Å²) in [5, 5.41) is 0. The van der Waals surface area contributed by atoms with Crippen molar-refractivity contribution in [2.24, 2.45) is 0 Å². The molecule has 1 aliphatic rings. The summed E-state index contributed by atoms with van der Waals surface area (Å²) in [7, 11) is 0. The van der Waals surface area contributed by atoms with Gasteiger partial charge in [-0.15, -0.1) is 0 Å². The molecule has 6 nitrogen and oxygen atoms in total. The number of carbonyl (C=O) groups excluding carboxylic acids is 2. The van der Waals surface area contributed by atoms with E-state index in [1.165, 1.54) is 6.07 Å². The van der Waals surface area contributed by atoms with Crippen molar-refractivity contribution in [3.8, 4) is 0 Å². The van der Waals surface area contributed by atoms with Crippen molar-refractivity contribution >= 4 is 12.2 Å². The van der Waals surface area contributed by atoms with Gasteiger partial charge in [-0.05, 0) is 52.7 Å². The molecule has 1 saturated heterocycles. The van der Waals surface area contributed by atoms with Crippen LogP contribution in [0.4, 0.5) is 14.0 Å². The third-order valence-corrected chi connectivity index (χ3v) is 4.79. The highest BCUT2D eigenvalue weighted by atomic mass is 19.1. The van der Waals surface area contributed by atoms with Crippen molar-refractivity contribution < 1.29 is 23.5 Å². The van der Waals surface area contributed by atoms with Crippen LogP contribution < -0.4 is 0 Å². The Balaban J connectivity index is 1.95. The fourth-order valence-corrected chi connectivity index (χ4v) is 3.52. The van der Waals surface area contributed by atoms with E-state index in [1.54, 1.807) is 15.9 Å². The van der Waals surface area contributed by atoms with Crippen molar-refractivity contribution in [3.63, 3.8) is 0 Å². The molecule has 29 heavy (non-hydrogen) atoms. The Morgan fingerprint density at radius 2 is 1.76 bits per heavy atom. The summed E-state index contributed by atoms with van der Waals surface area (Å²) < 4.78 is 25.0. The maximum atomic E-state index is 14.2. The molecule has 0 unspecified atom stereocenters. The van der Waals surface area contributed by atoms with Gasteiger partial charge in [0.25, 0.3) is 0 Å². The van der Waals surface area contributed by atoms with Gasteiger partial charge >= 0.3 is 12.2 Å². The molecule has 0 bridgehead atoms. The van der Waals surface area contributed by atoms with E-state index in [0.29, 0.717) is 18.7 Å². The van der Waals surface area contributed by atoms with E-state index in [-0.39, 0.29) is 24.5 Å². The van der Waals surface area contributed by atoms with E-state index < -0.39 is 17.8 Å². The lowest BCUT2D eigenvalue weighted by atomic mass is 10.1. The summed E-state index contributed by atoms with van der Waals surface area (Å²) >= 11 is 0. The highest BCUT2D eigenvalue weighted by Crippen LogP contribution is 2.21. The van der Waals surface area contributed by atoms with E-state index >= 15 is 0 Å². The minimum atomic E-state index is -0.573. The molecule has 0 aromatic heterocycles. The highest BCUT2D eigenvalue weighted by Gasteiger charge is 2.37. The van der Waals surface area contributed by atoms with Crippen molar-refractivity contribution in [3.05, 3.63) is 35.1 Å². The maximum absolute atomic E-state index is 14.2. The summed E-state index contributed by atoms with van der Waals surface area (Å²) in [6.45, 7) is 11.8. The molecule has 1 aromatic rings. The minimum Gasteiger partial charge on any atom is -0.444 e. The number of ether oxygens (including phenoxy) is 2. The number of hydrogen-bond acceptors (Lipinski definition) is 4. The molecule has 1 heterocycles. The zero-order valence-corrected chi connectivity index (χ0v) is 18.3. The zero-order chi connectivity index (χ0) is 21.8. The van der Waals surface area contributed by atoms with Gasteiger partial charge in [-0.2, -0.15) is 0 Å². The molecule has 0 spiro atoms. The van der Waals surface area contributed by atoms with Crippen LogP contribution in [0.1, 0.15) is 59.1 Å². The molecule has 1 fully saturated rings. The van der Waals surface area contributed by atoms with Crippen LogP contribution in [0.5, 0.6) is 0 Å². The first-order valence-electron chi connectivity index (χ1n) is 10.2. The van der Waals surface area contributed by atoms with Crippen LogP contribution >= 0.6 is 0 Å². The largest absolute Gasteiger partial charge is 0.444 e. The van der Waals surface area contributed by atoms with Crippen molar-refractivity contribution in [1.29, 1.82) is 0 Å². The first kappa shape index (κ1) is 23.0.